The lowest BCUT2D eigenvalue weighted by Crippen LogP contribution is -2.27. The van der Waals surface area contributed by atoms with Gasteiger partial charge in [-0.05, 0) is 36.8 Å². The maximum atomic E-state index is 12.6. The van der Waals surface area contributed by atoms with Crippen molar-refractivity contribution in [1.29, 1.82) is 0 Å². The molecule has 5 nitrogen and oxygen atoms in total. The summed E-state index contributed by atoms with van der Waals surface area (Å²) in [4.78, 5) is 0.153. The van der Waals surface area contributed by atoms with Crippen molar-refractivity contribution in [3.8, 4) is 0 Å². The van der Waals surface area contributed by atoms with Crippen LogP contribution in [0.5, 0.6) is 0 Å². The van der Waals surface area contributed by atoms with Gasteiger partial charge in [-0.15, -0.1) is 0 Å². The van der Waals surface area contributed by atoms with Gasteiger partial charge in [0.05, 0.1) is 11.7 Å². The number of hydrogen-bond donors (Lipinski definition) is 1. The minimum Gasteiger partial charge on any atom is -0.207 e. The highest BCUT2D eigenvalue weighted by molar-refractivity contribution is 9.10. The molecule has 3 rings (SSSR count). The topological polar surface area (TPSA) is 72.0 Å². The molecule has 0 saturated carbocycles. The number of benzene rings is 2. The van der Waals surface area contributed by atoms with E-state index in [1.807, 2.05) is 24.3 Å². The molecule has 2 aromatic carbocycles. The van der Waals surface area contributed by atoms with E-state index in [0.717, 1.165) is 21.8 Å². The van der Waals surface area contributed by atoms with Crippen LogP contribution in [0.1, 0.15) is 18.5 Å². The lowest BCUT2D eigenvalue weighted by molar-refractivity contribution is 0.567. The van der Waals surface area contributed by atoms with Crippen LogP contribution in [0.25, 0.3) is 11.0 Å². The van der Waals surface area contributed by atoms with E-state index in [0.29, 0.717) is 11.0 Å². The Morgan fingerprint density at radius 3 is 2.73 bits per heavy atom. The summed E-state index contributed by atoms with van der Waals surface area (Å²) in [7, 11) is -3.68. The van der Waals surface area contributed by atoms with Crippen LogP contribution in [0.4, 0.5) is 0 Å². The van der Waals surface area contributed by atoms with E-state index in [4.69, 9.17) is 0 Å². The van der Waals surface area contributed by atoms with Crippen LogP contribution < -0.4 is 4.72 Å². The van der Waals surface area contributed by atoms with Gasteiger partial charge in [0.1, 0.15) is 15.9 Å². The van der Waals surface area contributed by atoms with E-state index >= 15 is 0 Å². The van der Waals surface area contributed by atoms with Crippen LogP contribution in [-0.2, 0) is 10.0 Å². The Morgan fingerprint density at radius 2 is 1.95 bits per heavy atom. The predicted molar refractivity (Wildman–Crippen MR) is 90.3 cm³/mol. The number of nitrogens with one attached hydrogen (secondary N) is 1. The van der Waals surface area contributed by atoms with E-state index in [-0.39, 0.29) is 10.9 Å². The molecule has 114 valence electrons. The largest absolute Gasteiger partial charge is 0.243 e. The SMILES string of the molecule is CC(NS(=O)(=O)c1cccc2nsnc12)c1cccc(Br)c1. The smallest absolute Gasteiger partial charge is 0.207 e. The first-order chi connectivity index (χ1) is 10.5. The molecule has 0 aliphatic carbocycles. The molecule has 1 N–H and O–H groups in total. The number of rotatable bonds is 4. The molecule has 0 radical (unpaired) electrons. The quantitative estimate of drug-likeness (QED) is 0.730. The fourth-order valence-corrected chi connectivity index (χ4v) is 4.55. The molecule has 0 amide bonds. The third-order valence-corrected chi connectivity index (χ3v) is 5.83. The summed E-state index contributed by atoms with van der Waals surface area (Å²) in [6.45, 7) is 1.80. The van der Waals surface area contributed by atoms with Crippen molar-refractivity contribution in [3.63, 3.8) is 0 Å². The summed E-state index contributed by atoms with van der Waals surface area (Å²) >= 11 is 4.39. The molecule has 0 aliphatic heterocycles. The molecule has 1 atom stereocenters. The normalized spacial score (nSPS) is 13.4. The second-order valence-corrected chi connectivity index (χ2v) is 7.91. The first kappa shape index (κ1) is 15.5. The minimum absolute atomic E-state index is 0.153. The van der Waals surface area contributed by atoms with Crippen molar-refractivity contribution in [1.82, 2.24) is 13.5 Å². The van der Waals surface area contributed by atoms with Crippen LogP contribution in [0.3, 0.4) is 0 Å². The molecule has 0 spiro atoms. The molecule has 0 saturated heterocycles. The van der Waals surface area contributed by atoms with E-state index in [9.17, 15) is 8.42 Å². The van der Waals surface area contributed by atoms with Crippen molar-refractivity contribution in [2.24, 2.45) is 0 Å². The first-order valence-corrected chi connectivity index (χ1v) is 9.47. The van der Waals surface area contributed by atoms with Crippen LogP contribution in [0, 0.1) is 0 Å². The summed E-state index contributed by atoms with van der Waals surface area (Å²) in [5.74, 6) is 0. The standard InChI is InChI=1S/C14H12BrN3O2S2/c1-9(10-4-2-5-11(15)8-10)18-22(19,20)13-7-3-6-12-14(13)17-21-16-12/h2-9,18H,1H3. The van der Waals surface area contributed by atoms with Crippen molar-refractivity contribution < 1.29 is 8.42 Å². The monoisotopic (exact) mass is 397 g/mol. The van der Waals surface area contributed by atoms with Crippen molar-refractivity contribution in [3.05, 3.63) is 52.5 Å². The molecule has 0 bridgehead atoms. The zero-order valence-corrected chi connectivity index (χ0v) is 14.7. The fourth-order valence-electron chi connectivity index (χ4n) is 2.14. The summed E-state index contributed by atoms with van der Waals surface area (Å²) in [6.07, 6.45) is 0. The molecule has 3 aromatic rings. The van der Waals surface area contributed by atoms with Gasteiger partial charge < -0.3 is 0 Å². The average molecular weight is 398 g/mol. The van der Waals surface area contributed by atoms with E-state index in [1.54, 1.807) is 25.1 Å². The Hall–Kier alpha value is -1.35. The molecule has 1 heterocycles. The molecular weight excluding hydrogens is 386 g/mol. The van der Waals surface area contributed by atoms with Crippen LogP contribution in [0.15, 0.2) is 51.8 Å². The molecular formula is C14H12BrN3O2S2. The van der Waals surface area contributed by atoms with Crippen molar-refractivity contribution >= 4 is 48.7 Å². The lowest BCUT2D eigenvalue weighted by Gasteiger charge is -2.15. The summed E-state index contributed by atoms with van der Waals surface area (Å²) < 4.78 is 37.0. The lowest BCUT2D eigenvalue weighted by atomic mass is 10.1. The van der Waals surface area contributed by atoms with Gasteiger partial charge in [-0.25, -0.2) is 13.1 Å². The second-order valence-electron chi connectivity index (χ2n) is 4.79. The number of nitrogens with zero attached hydrogens (tertiary/aromatic N) is 2. The van der Waals surface area contributed by atoms with Gasteiger partial charge in [0, 0.05) is 10.5 Å². The Balaban J connectivity index is 1.95. The zero-order chi connectivity index (χ0) is 15.7. The van der Waals surface area contributed by atoms with E-state index in [2.05, 4.69) is 29.4 Å². The molecule has 0 aliphatic rings. The van der Waals surface area contributed by atoms with Gasteiger partial charge in [-0.1, -0.05) is 34.1 Å². The molecule has 1 unspecified atom stereocenters. The van der Waals surface area contributed by atoms with Gasteiger partial charge in [-0.3, -0.25) is 0 Å². The van der Waals surface area contributed by atoms with Crippen molar-refractivity contribution in [2.75, 3.05) is 0 Å². The van der Waals surface area contributed by atoms with Crippen LogP contribution in [-0.4, -0.2) is 17.2 Å². The van der Waals surface area contributed by atoms with Gasteiger partial charge in [0.2, 0.25) is 10.0 Å². The third kappa shape index (κ3) is 3.05. The van der Waals surface area contributed by atoms with Gasteiger partial charge in [-0.2, -0.15) is 8.75 Å². The Morgan fingerprint density at radius 1 is 1.18 bits per heavy atom. The van der Waals surface area contributed by atoms with E-state index < -0.39 is 10.0 Å². The molecule has 1 aromatic heterocycles. The number of fused-ring (bicyclic) bond motifs is 1. The first-order valence-electron chi connectivity index (χ1n) is 6.46. The third-order valence-electron chi connectivity index (χ3n) is 3.22. The Labute approximate surface area is 140 Å². The van der Waals surface area contributed by atoms with E-state index in [1.165, 1.54) is 0 Å². The predicted octanol–water partition coefficient (Wildman–Crippen LogP) is 3.49. The van der Waals surface area contributed by atoms with Gasteiger partial charge >= 0.3 is 0 Å². The number of aromatic nitrogens is 2. The molecule has 0 fully saturated rings. The molecule has 22 heavy (non-hydrogen) atoms. The van der Waals surface area contributed by atoms with Crippen LogP contribution in [0.2, 0.25) is 0 Å². The number of sulfonamides is 1. The second kappa shape index (κ2) is 6.04. The average Bonchev–Trinajstić information content (AvgIpc) is 2.94. The summed E-state index contributed by atoms with van der Waals surface area (Å²) in [6, 6.07) is 12.1. The fraction of sp³-hybridized carbons (Fsp3) is 0.143. The summed E-state index contributed by atoms with van der Waals surface area (Å²) in [5, 5.41) is 0. The minimum atomic E-state index is -3.68. The maximum absolute atomic E-state index is 12.6. The number of halogens is 1. The summed E-state index contributed by atoms with van der Waals surface area (Å²) in [5.41, 5.74) is 1.87. The zero-order valence-electron chi connectivity index (χ0n) is 11.5. The Kier molecular flexibility index (Phi) is 4.26. The Bertz CT molecular complexity index is 924. The highest BCUT2D eigenvalue weighted by atomic mass is 79.9. The highest BCUT2D eigenvalue weighted by Gasteiger charge is 2.22. The molecule has 8 heteroatoms. The van der Waals surface area contributed by atoms with Crippen molar-refractivity contribution in [2.45, 2.75) is 17.9 Å². The van der Waals surface area contributed by atoms with Gasteiger partial charge in [0.15, 0.2) is 0 Å². The number of hydrogen-bond acceptors (Lipinski definition) is 5. The maximum Gasteiger partial charge on any atom is 0.243 e. The van der Waals surface area contributed by atoms with Gasteiger partial charge in [0.25, 0.3) is 0 Å². The highest BCUT2D eigenvalue weighted by Crippen LogP contribution is 2.24. The van der Waals surface area contributed by atoms with Crippen LogP contribution >= 0.6 is 27.7 Å².